The van der Waals surface area contributed by atoms with Crippen LogP contribution in [0.2, 0.25) is 0 Å². The first-order chi connectivity index (χ1) is 10.6. The van der Waals surface area contributed by atoms with E-state index < -0.39 is 0 Å². The van der Waals surface area contributed by atoms with E-state index in [4.69, 9.17) is 4.74 Å². The molecule has 0 bridgehead atoms. The van der Waals surface area contributed by atoms with Crippen LogP contribution in [-0.4, -0.2) is 54.3 Å². The average Bonchev–Trinajstić information content (AvgIpc) is 2.96. The Morgan fingerprint density at radius 1 is 1.59 bits per heavy atom. The fraction of sp³-hybridized carbons (Fsp3) is 0.750. The molecule has 1 aliphatic rings. The Hall–Kier alpha value is -0.980. The van der Waals surface area contributed by atoms with Crippen molar-refractivity contribution in [1.82, 2.24) is 9.88 Å². The van der Waals surface area contributed by atoms with E-state index in [-0.39, 0.29) is 17.9 Å². The van der Waals surface area contributed by atoms with Crippen molar-refractivity contribution in [2.75, 3.05) is 33.4 Å². The molecule has 2 rings (SSSR count). The second-order valence-electron chi connectivity index (χ2n) is 6.18. The Morgan fingerprint density at radius 3 is 3.05 bits per heavy atom. The van der Waals surface area contributed by atoms with Gasteiger partial charge >= 0.3 is 0 Å². The second-order valence-corrected chi connectivity index (χ2v) is 7.12. The molecule has 0 spiro atoms. The fourth-order valence-electron chi connectivity index (χ4n) is 3.10. The summed E-state index contributed by atoms with van der Waals surface area (Å²) in [6, 6.07) is 0. The smallest absolute Gasteiger partial charge is 0.222 e. The van der Waals surface area contributed by atoms with Gasteiger partial charge in [0.15, 0.2) is 0 Å². The summed E-state index contributed by atoms with van der Waals surface area (Å²) in [6.45, 7) is 4.18. The molecule has 6 heteroatoms. The van der Waals surface area contributed by atoms with E-state index in [1.807, 2.05) is 17.3 Å². The number of aromatic nitrogens is 1. The molecule has 1 aromatic rings. The van der Waals surface area contributed by atoms with E-state index in [0.29, 0.717) is 19.6 Å². The van der Waals surface area contributed by atoms with Gasteiger partial charge in [-0.2, -0.15) is 0 Å². The second kappa shape index (κ2) is 8.04. The van der Waals surface area contributed by atoms with E-state index in [9.17, 15) is 9.90 Å². The van der Waals surface area contributed by atoms with E-state index in [0.717, 1.165) is 37.9 Å². The summed E-state index contributed by atoms with van der Waals surface area (Å²) in [6.07, 6.45) is 4.00. The third-order valence-corrected chi connectivity index (χ3v) is 5.59. The van der Waals surface area contributed by atoms with Gasteiger partial charge in [0.25, 0.3) is 0 Å². The van der Waals surface area contributed by atoms with Crippen molar-refractivity contribution in [3.8, 4) is 0 Å². The van der Waals surface area contributed by atoms with Crippen LogP contribution in [0.5, 0.6) is 0 Å². The minimum absolute atomic E-state index is 0.119. The Labute approximate surface area is 136 Å². The number of carbonyl (C=O) groups excluding carboxylic acids is 1. The first-order valence-electron chi connectivity index (χ1n) is 7.87. The molecule has 124 valence electrons. The van der Waals surface area contributed by atoms with Crippen LogP contribution in [0.1, 0.15) is 36.3 Å². The topological polar surface area (TPSA) is 62.7 Å². The van der Waals surface area contributed by atoms with Gasteiger partial charge in [0, 0.05) is 43.5 Å². The van der Waals surface area contributed by atoms with E-state index in [2.05, 4.69) is 4.98 Å². The Kier molecular flexibility index (Phi) is 6.35. The molecule has 1 unspecified atom stereocenters. The molecular formula is C16H26N2O3S. The number of thiazole rings is 1. The highest BCUT2D eigenvalue weighted by Crippen LogP contribution is 2.33. The standard InChI is InChI=1S/C16H26N2O3S/c1-13-14(22-12-17-13)4-5-15(20)18-8-3-6-16(10-18,11-19)7-9-21-2/h12,19H,3-11H2,1-2H3. The van der Waals surface area contributed by atoms with Crippen LogP contribution in [0.25, 0.3) is 0 Å². The number of amides is 1. The van der Waals surface area contributed by atoms with Crippen molar-refractivity contribution in [3.63, 3.8) is 0 Å². The molecule has 1 N–H and O–H groups in total. The van der Waals surface area contributed by atoms with Gasteiger partial charge in [-0.25, -0.2) is 4.98 Å². The van der Waals surface area contributed by atoms with Crippen molar-refractivity contribution in [2.24, 2.45) is 5.41 Å². The van der Waals surface area contributed by atoms with Gasteiger partial charge in [-0.3, -0.25) is 4.79 Å². The molecule has 22 heavy (non-hydrogen) atoms. The van der Waals surface area contributed by atoms with Gasteiger partial charge in [0.2, 0.25) is 5.91 Å². The van der Waals surface area contributed by atoms with Gasteiger partial charge < -0.3 is 14.7 Å². The zero-order chi connectivity index (χ0) is 16.0. The lowest BCUT2D eigenvalue weighted by Gasteiger charge is -2.42. The zero-order valence-corrected chi connectivity index (χ0v) is 14.3. The number of methoxy groups -OCH3 is 1. The Bertz CT molecular complexity index is 491. The van der Waals surface area contributed by atoms with Crippen molar-refractivity contribution >= 4 is 17.2 Å². The monoisotopic (exact) mass is 326 g/mol. The number of hydrogen-bond donors (Lipinski definition) is 1. The number of aliphatic hydroxyl groups is 1. The summed E-state index contributed by atoms with van der Waals surface area (Å²) < 4.78 is 5.16. The minimum atomic E-state index is -0.190. The van der Waals surface area contributed by atoms with Gasteiger partial charge in [0.05, 0.1) is 17.8 Å². The molecule has 2 heterocycles. The highest BCUT2D eigenvalue weighted by molar-refractivity contribution is 7.09. The summed E-state index contributed by atoms with van der Waals surface area (Å²) in [4.78, 5) is 19.8. The average molecular weight is 326 g/mol. The SMILES string of the molecule is COCCC1(CO)CCCN(C(=O)CCc2scnc2C)C1. The van der Waals surface area contributed by atoms with Crippen LogP contribution in [0.4, 0.5) is 0 Å². The number of likely N-dealkylation sites (tertiary alicyclic amines) is 1. The van der Waals surface area contributed by atoms with Gasteiger partial charge in [0.1, 0.15) is 0 Å². The summed E-state index contributed by atoms with van der Waals surface area (Å²) in [7, 11) is 1.67. The molecule has 0 aromatic carbocycles. The van der Waals surface area contributed by atoms with E-state index >= 15 is 0 Å². The van der Waals surface area contributed by atoms with Gasteiger partial charge in [-0.15, -0.1) is 11.3 Å². The zero-order valence-electron chi connectivity index (χ0n) is 13.5. The number of aryl methyl sites for hydroxylation is 2. The number of aliphatic hydroxyl groups excluding tert-OH is 1. The summed E-state index contributed by atoms with van der Waals surface area (Å²) >= 11 is 1.62. The van der Waals surface area contributed by atoms with E-state index in [1.165, 1.54) is 4.88 Å². The molecule has 1 saturated heterocycles. The third kappa shape index (κ3) is 4.27. The first kappa shape index (κ1) is 17.4. The minimum Gasteiger partial charge on any atom is -0.396 e. The van der Waals surface area contributed by atoms with Crippen LogP contribution >= 0.6 is 11.3 Å². The fourth-order valence-corrected chi connectivity index (χ4v) is 3.88. The van der Waals surface area contributed by atoms with Crippen LogP contribution in [-0.2, 0) is 16.0 Å². The van der Waals surface area contributed by atoms with Crippen molar-refractivity contribution < 1.29 is 14.6 Å². The molecule has 0 radical (unpaired) electrons. The van der Waals surface area contributed by atoms with Gasteiger partial charge in [-0.1, -0.05) is 0 Å². The van der Waals surface area contributed by atoms with E-state index in [1.54, 1.807) is 18.4 Å². The number of carbonyl (C=O) groups is 1. The predicted molar refractivity (Wildman–Crippen MR) is 87.0 cm³/mol. The van der Waals surface area contributed by atoms with Crippen LogP contribution < -0.4 is 0 Å². The van der Waals surface area contributed by atoms with Crippen molar-refractivity contribution in [2.45, 2.75) is 39.0 Å². The molecule has 5 nitrogen and oxygen atoms in total. The Morgan fingerprint density at radius 2 is 2.41 bits per heavy atom. The molecule has 1 aliphatic heterocycles. The van der Waals surface area contributed by atoms with Crippen LogP contribution in [0, 0.1) is 12.3 Å². The summed E-state index contributed by atoms with van der Waals surface area (Å²) in [5.41, 5.74) is 2.67. The number of piperidine rings is 1. The first-order valence-corrected chi connectivity index (χ1v) is 8.75. The predicted octanol–water partition coefficient (Wildman–Crippen LogP) is 2.02. The lowest BCUT2D eigenvalue weighted by Crippen LogP contribution is -2.48. The number of hydrogen-bond acceptors (Lipinski definition) is 5. The quantitative estimate of drug-likeness (QED) is 0.833. The molecule has 1 atom stereocenters. The lowest BCUT2D eigenvalue weighted by molar-refractivity contribution is -0.136. The lowest BCUT2D eigenvalue weighted by atomic mass is 9.78. The molecule has 1 aromatic heterocycles. The molecule has 0 aliphatic carbocycles. The third-order valence-electron chi connectivity index (χ3n) is 4.60. The number of ether oxygens (including phenoxy) is 1. The molecular weight excluding hydrogens is 300 g/mol. The van der Waals surface area contributed by atoms with Crippen molar-refractivity contribution in [3.05, 3.63) is 16.1 Å². The van der Waals surface area contributed by atoms with Crippen LogP contribution in [0.15, 0.2) is 5.51 Å². The largest absolute Gasteiger partial charge is 0.396 e. The molecule has 0 saturated carbocycles. The maximum Gasteiger partial charge on any atom is 0.222 e. The highest BCUT2D eigenvalue weighted by Gasteiger charge is 2.36. The molecule has 1 fully saturated rings. The summed E-state index contributed by atoms with van der Waals surface area (Å²) in [5.74, 6) is 0.183. The molecule has 1 amide bonds. The summed E-state index contributed by atoms with van der Waals surface area (Å²) in [5, 5.41) is 9.78. The Balaban J connectivity index is 1.90. The maximum absolute atomic E-state index is 12.5. The van der Waals surface area contributed by atoms with Crippen LogP contribution in [0.3, 0.4) is 0 Å². The van der Waals surface area contributed by atoms with Crippen molar-refractivity contribution in [1.29, 1.82) is 0 Å². The number of rotatable bonds is 7. The van der Waals surface area contributed by atoms with Gasteiger partial charge in [-0.05, 0) is 32.6 Å². The maximum atomic E-state index is 12.5. The highest BCUT2D eigenvalue weighted by atomic mass is 32.1. The number of nitrogens with zero attached hydrogens (tertiary/aromatic N) is 2. The normalized spacial score (nSPS) is 22.0.